The van der Waals surface area contributed by atoms with E-state index in [2.05, 4.69) is 5.32 Å². The standard InChI is InChI=1S/C11H15NO2S/c1-15(13,14)11-5-3-2-4-10(11)12-8-9-6-7-9/h2-5,9,12H,6-8H2,1H3. The number of para-hydroxylation sites is 1. The van der Waals surface area contributed by atoms with Gasteiger partial charge in [0.25, 0.3) is 0 Å². The van der Waals surface area contributed by atoms with Crippen LogP contribution in [0.4, 0.5) is 5.69 Å². The Labute approximate surface area is 90.4 Å². The molecule has 0 aromatic heterocycles. The number of hydrogen-bond donors (Lipinski definition) is 1. The van der Waals surface area contributed by atoms with Crippen LogP contribution in [0.25, 0.3) is 0 Å². The van der Waals surface area contributed by atoms with Crippen LogP contribution in [0, 0.1) is 5.92 Å². The Morgan fingerprint density at radius 2 is 2.00 bits per heavy atom. The molecule has 1 aliphatic rings. The maximum atomic E-state index is 11.5. The molecule has 2 rings (SSSR count). The van der Waals surface area contributed by atoms with Crippen LogP contribution >= 0.6 is 0 Å². The van der Waals surface area contributed by atoms with Gasteiger partial charge in [0.05, 0.1) is 10.6 Å². The van der Waals surface area contributed by atoms with Crippen LogP contribution in [0.1, 0.15) is 12.8 Å². The minimum absolute atomic E-state index is 0.394. The molecule has 0 atom stereocenters. The van der Waals surface area contributed by atoms with Gasteiger partial charge in [-0.3, -0.25) is 0 Å². The van der Waals surface area contributed by atoms with E-state index in [1.165, 1.54) is 19.1 Å². The van der Waals surface area contributed by atoms with Gasteiger partial charge in [-0.25, -0.2) is 8.42 Å². The van der Waals surface area contributed by atoms with Crippen molar-refractivity contribution in [2.24, 2.45) is 5.92 Å². The SMILES string of the molecule is CS(=O)(=O)c1ccccc1NCC1CC1. The normalized spacial score (nSPS) is 16.3. The van der Waals surface area contributed by atoms with Crippen LogP contribution in [-0.4, -0.2) is 21.2 Å². The fourth-order valence-corrected chi connectivity index (χ4v) is 2.38. The van der Waals surface area contributed by atoms with Gasteiger partial charge in [0.2, 0.25) is 0 Å². The summed E-state index contributed by atoms with van der Waals surface area (Å²) in [6, 6.07) is 7.06. The van der Waals surface area contributed by atoms with Crippen molar-refractivity contribution in [2.45, 2.75) is 17.7 Å². The molecule has 0 unspecified atom stereocenters. The first-order chi connectivity index (χ1) is 7.07. The summed E-state index contributed by atoms with van der Waals surface area (Å²) in [5.41, 5.74) is 0.729. The smallest absolute Gasteiger partial charge is 0.177 e. The molecule has 0 amide bonds. The zero-order valence-corrected chi connectivity index (χ0v) is 9.55. The summed E-state index contributed by atoms with van der Waals surface area (Å²) in [6.45, 7) is 0.881. The summed E-state index contributed by atoms with van der Waals surface area (Å²) in [6.07, 6.45) is 3.76. The highest BCUT2D eigenvalue weighted by molar-refractivity contribution is 7.90. The van der Waals surface area contributed by atoms with Gasteiger partial charge in [0.15, 0.2) is 9.84 Å². The Morgan fingerprint density at radius 1 is 1.33 bits per heavy atom. The summed E-state index contributed by atoms with van der Waals surface area (Å²) in [4.78, 5) is 0.394. The second-order valence-corrected chi connectivity index (χ2v) is 6.08. The Morgan fingerprint density at radius 3 is 2.60 bits per heavy atom. The molecule has 4 heteroatoms. The van der Waals surface area contributed by atoms with E-state index in [9.17, 15) is 8.42 Å². The minimum atomic E-state index is -3.12. The average molecular weight is 225 g/mol. The highest BCUT2D eigenvalue weighted by atomic mass is 32.2. The topological polar surface area (TPSA) is 46.2 Å². The first-order valence-corrected chi connectivity index (χ1v) is 6.99. The Hall–Kier alpha value is -1.03. The summed E-state index contributed by atoms with van der Waals surface area (Å²) in [5, 5.41) is 3.20. The van der Waals surface area contributed by atoms with E-state index in [-0.39, 0.29) is 0 Å². The quantitative estimate of drug-likeness (QED) is 0.851. The van der Waals surface area contributed by atoms with Gasteiger partial charge < -0.3 is 5.32 Å². The Bertz CT molecular complexity index is 449. The molecular weight excluding hydrogens is 210 g/mol. The van der Waals surface area contributed by atoms with Crippen molar-refractivity contribution < 1.29 is 8.42 Å². The first-order valence-electron chi connectivity index (χ1n) is 5.10. The van der Waals surface area contributed by atoms with E-state index in [4.69, 9.17) is 0 Å². The molecule has 1 aromatic rings. The Balaban J connectivity index is 2.20. The summed E-state index contributed by atoms with van der Waals surface area (Å²) < 4.78 is 22.9. The van der Waals surface area contributed by atoms with Crippen LogP contribution in [0.3, 0.4) is 0 Å². The fourth-order valence-electron chi connectivity index (χ4n) is 1.51. The lowest BCUT2D eigenvalue weighted by Gasteiger charge is -2.09. The lowest BCUT2D eigenvalue weighted by molar-refractivity contribution is 0.602. The van der Waals surface area contributed by atoms with Gasteiger partial charge in [0.1, 0.15) is 0 Å². The number of benzene rings is 1. The average Bonchev–Trinajstić information content (AvgIpc) is 2.97. The largest absolute Gasteiger partial charge is 0.384 e. The second kappa shape index (κ2) is 3.85. The summed E-state index contributed by atoms with van der Waals surface area (Å²) in [5.74, 6) is 0.734. The molecular formula is C11H15NO2S. The third kappa shape index (κ3) is 2.72. The maximum absolute atomic E-state index is 11.5. The molecule has 0 aliphatic heterocycles. The van der Waals surface area contributed by atoms with E-state index >= 15 is 0 Å². The number of anilines is 1. The van der Waals surface area contributed by atoms with E-state index < -0.39 is 9.84 Å². The summed E-state index contributed by atoms with van der Waals surface area (Å²) >= 11 is 0. The van der Waals surface area contributed by atoms with Crippen molar-refractivity contribution in [1.29, 1.82) is 0 Å². The molecule has 1 N–H and O–H groups in total. The van der Waals surface area contributed by atoms with Gasteiger partial charge >= 0.3 is 0 Å². The zero-order chi connectivity index (χ0) is 10.9. The molecule has 0 radical (unpaired) electrons. The molecule has 3 nitrogen and oxygen atoms in total. The van der Waals surface area contributed by atoms with Gasteiger partial charge in [0, 0.05) is 12.8 Å². The molecule has 0 spiro atoms. The predicted octanol–water partition coefficient (Wildman–Crippen LogP) is 1.91. The van der Waals surface area contributed by atoms with Crippen LogP contribution in [0.15, 0.2) is 29.2 Å². The third-order valence-electron chi connectivity index (χ3n) is 2.56. The third-order valence-corrected chi connectivity index (χ3v) is 3.72. The van der Waals surface area contributed by atoms with Crippen LogP contribution in [0.2, 0.25) is 0 Å². The highest BCUT2D eigenvalue weighted by Crippen LogP contribution is 2.30. The van der Waals surface area contributed by atoms with Gasteiger partial charge in [-0.2, -0.15) is 0 Å². The molecule has 0 heterocycles. The van der Waals surface area contributed by atoms with Crippen molar-refractivity contribution in [1.82, 2.24) is 0 Å². The number of nitrogens with one attached hydrogen (secondary N) is 1. The van der Waals surface area contributed by atoms with E-state index in [0.717, 1.165) is 18.2 Å². The minimum Gasteiger partial charge on any atom is -0.384 e. The van der Waals surface area contributed by atoms with Gasteiger partial charge in [-0.15, -0.1) is 0 Å². The maximum Gasteiger partial charge on any atom is 0.177 e. The molecule has 1 saturated carbocycles. The van der Waals surface area contributed by atoms with E-state index in [1.807, 2.05) is 12.1 Å². The van der Waals surface area contributed by atoms with Gasteiger partial charge in [-0.05, 0) is 30.9 Å². The molecule has 1 aromatic carbocycles. The van der Waals surface area contributed by atoms with Crippen molar-refractivity contribution in [3.63, 3.8) is 0 Å². The summed E-state index contributed by atoms with van der Waals surface area (Å²) in [7, 11) is -3.12. The van der Waals surface area contributed by atoms with Crippen LogP contribution < -0.4 is 5.32 Å². The van der Waals surface area contributed by atoms with Crippen molar-refractivity contribution in [2.75, 3.05) is 18.1 Å². The van der Waals surface area contributed by atoms with Crippen LogP contribution in [0.5, 0.6) is 0 Å². The second-order valence-electron chi connectivity index (χ2n) is 4.09. The Kier molecular flexibility index (Phi) is 2.69. The zero-order valence-electron chi connectivity index (χ0n) is 8.73. The molecule has 1 fully saturated rings. The molecule has 1 aliphatic carbocycles. The van der Waals surface area contributed by atoms with Crippen molar-refractivity contribution in [3.8, 4) is 0 Å². The molecule has 15 heavy (non-hydrogen) atoms. The van der Waals surface area contributed by atoms with E-state index in [1.54, 1.807) is 12.1 Å². The highest BCUT2D eigenvalue weighted by Gasteiger charge is 2.21. The molecule has 82 valence electrons. The number of sulfone groups is 1. The first kappa shape index (κ1) is 10.5. The lowest BCUT2D eigenvalue weighted by atomic mass is 10.3. The molecule has 0 bridgehead atoms. The van der Waals surface area contributed by atoms with Gasteiger partial charge in [-0.1, -0.05) is 12.1 Å². The predicted molar refractivity (Wildman–Crippen MR) is 60.8 cm³/mol. The number of hydrogen-bond acceptors (Lipinski definition) is 3. The van der Waals surface area contributed by atoms with Crippen LogP contribution in [-0.2, 0) is 9.84 Å². The fraction of sp³-hybridized carbons (Fsp3) is 0.455. The van der Waals surface area contributed by atoms with Crippen molar-refractivity contribution in [3.05, 3.63) is 24.3 Å². The molecule has 0 saturated heterocycles. The van der Waals surface area contributed by atoms with E-state index in [0.29, 0.717) is 4.90 Å². The number of rotatable bonds is 4. The lowest BCUT2D eigenvalue weighted by Crippen LogP contribution is -2.08. The monoisotopic (exact) mass is 225 g/mol. The van der Waals surface area contributed by atoms with Crippen molar-refractivity contribution >= 4 is 15.5 Å².